The molecule has 4 heteroatoms. The fourth-order valence-electron chi connectivity index (χ4n) is 1.97. The summed E-state index contributed by atoms with van der Waals surface area (Å²) in [4.78, 5) is 14.7. The zero-order valence-electron chi connectivity index (χ0n) is 9.92. The number of carbonyl (C=O) groups is 1. The van der Waals surface area contributed by atoms with E-state index in [9.17, 15) is 4.79 Å². The predicted octanol–water partition coefficient (Wildman–Crippen LogP) is 1.44. The summed E-state index contributed by atoms with van der Waals surface area (Å²) >= 11 is 0. The van der Waals surface area contributed by atoms with Crippen molar-refractivity contribution >= 4 is 16.8 Å². The quantitative estimate of drug-likeness (QED) is 0.745. The molecule has 0 saturated heterocycles. The first-order valence-electron chi connectivity index (χ1n) is 5.75. The van der Waals surface area contributed by atoms with Crippen LogP contribution in [0.25, 0.3) is 10.9 Å². The SMILES string of the molecule is Cc1[nH]c2ccccc2c1CNC(=O)CCN. The van der Waals surface area contributed by atoms with Gasteiger partial charge >= 0.3 is 0 Å². The topological polar surface area (TPSA) is 70.9 Å². The monoisotopic (exact) mass is 231 g/mol. The van der Waals surface area contributed by atoms with Gasteiger partial charge in [0.05, 0.1) is 0 Å². The number of carbonyl (C=O) groups excluding carboxylic acids is 1. The van der Waals surface area contributed by atoms with E-state index in [1.807, 2.05) is 25.1 Å². The molecule has 4 N–H and O–H groups in total. The number of para-hydroxylation sites is 1. The number of amides is 1. The molecule has 4 nitrogen and oxygen atoms in total. The molecule has 0 aliphatic carbocycles. The Morgan fingerprint density at radius 2 is 2.18 bits per heavy atom. The summed E-state index contributed by atoms with van der Waals surface area (Å²) in [7, 11) is 0. The van der Waals surface area contributed by atoms with E-state index in [0.29, 0.717) is 19.5 Å². The van der Waals surface area contributed by atoms with Crippen LogP contribution in [0.2, 0.25) is 0 Å². The number of hydrogen-bond acceptors (Lipinski definition) is 2. The zero-order valence-corrected chi connectivity index (χ0v) is 9.92. The van der Waals surface area contributed by atoms with E-state index in [4.69, 9.17) is 5.73 Å². The highest BCUT2D eigenvalue weighted by Gasteiger charge is 2.08. The summed E-state index contributed by atoms with van der Waals surface area (Å²) in [6.45, 7) is 2.96. The summed E-state index contributed by atoms with van der Waals surface area (Å²) in [5.74, 6) is -0.00261. The van der Waals surface area contributed by atoms with Crippen molar-refractivity contribution in [1.82, 2.24) is 10.3 Å². The van der Waals surface area contributed by atoms with E-state index < -0.39 is 0 Å². The van der Waals surface area contributed by atoms with Crippen molar-refractivity contribution in [2.45, 2.75) is 19.9 Å². The number of benzene rings is 1. The molecule has 1 heterocycles. The van der Waals surface area contributed by atoms with Crippen LogP contribution in [0.4, 0.5) is 0 Å². The van der Waals surface area contributed by atoms with Gasteiger partial charge < -0.3 is 16.0 Å². The van der Waals surface area contributed by atoms with Gasteiger partial charge in [-0.05, 0) is 18.6 Å². The number of H-pyrrole nitrogens is 1. The highest BCUT2D eigenvalue weighted by Crippen LogP contribution is 2.21. The maximum atomic E-state index is 11.4. The Labute approximate surface area is 100 Å². The zero-order chi connectivity index (χ0) is 12.3. The number of nitrogens with one attached hydrogen (secondary N) is 2. The first-order chi connectivity index (χ1) is 8.22. The molecule has 0 aliphatic heterocycles. The van der Waals surface area contributed by atoms with Gasteiger partial charge in [-0.3, -0.25) is 4.79 Å². The highest BCUT2D eigenvalue weighted by molar-refractivity contribution is 5.85. The first kappa shape index (κ1) is 11.7. The average Bonchev–Trinajstić information content (AvgIpc) is 2.62. The van der Waals surface area contributed by atoms with E-state index in [1.165, 1.54) is 0 Å². The summed E-state index contributed by atoms with van der Waals surface area (Å²) in [6.07, 6.45) is 0.376. The Kier molecular flexibility index (Phi) is 3.44. The second-order valence-electron chi connectivity index (χ2n) is 4.09. The van der Waals surface area contributed by atoms with Gasteiger partial charge in [-0.1, -0.05) is 18.2 Å². The van der Waals surface area contributed by atoms with Gasteiger partial charge in [-0.15, -0.1) is 0 Å². The van der Waals surface area contributed by atoms with Crippen molar-refractivity contribution < 1.29 is 4.79 Å². The largest absolute Gasteiger partial charge is 0.358 e. The molecule has 0 atom stereocenters. The summed E-state index contributed by atoms with van der Waals surface area (Å²) < 4.78 is 0. The lowest BCUT2D eigenvalue weighted by Crippen LogP contribution is -2.25. The Hall–Kier alpha value is -1.81. The average molecular weight is 231 g/mol. The van der Waals surface area contributed by atoms with Gasteiger partial charge in [-0.25, -0.2) is 0 Å². The molecule has 0 radical (unpaired) electrons. The van der Waals surface area contributed by atoms with Crippen molar-refractivity contribution in [1.29, 1.82) is 0 Å². The summed E-state index contributed by atoms with van der Waals surface area (Å²) in [5.41, 5.74) is 8.68. The van der Waals surface area contributed by atoms with Gasteiger partial charge in [0.25, 0.3) is 0 Å². The fourth-order valence-corrected chi connectivity index (χ4v) is 1.97. The molecule has 2 aromatic rings. The molecule has 0 fully saturated rings. The van der Waals surface area contributed by atoms with Crippen LogP contribution < -0.4 is 11.1 Å². The van der Waals surface area contributed by atoms with Crippen LogP contribution >= 0.6 is 0 Å². The number of aromatic amines is 1. The van der Waals surface area contributed by atoms with Gasteiger partial charge in [-0.2, -0.15) is 0 Å². The van der Waals surface area contributed by atoms with E-state index in [0.717, 1.165) is 22.2 Å². The summed E-state index contributed by atoms with van der Waals surface area (Å²) in [5, 5.41) is 4.04. The van der Waals surface area contributed by atoms with E-state index in [2.05, 4.69) is 16.4 Å². The number of aromatic nitrogens is 1. The minimum absolute atomic E-state index is 0.00261. The molecule has 1 aromatic heterocycles. The highest BCUT2D eigenvalue weighted by atomic mass is 16.1. The second-order valence-corrected chi connectivity index (χ2v) is 4.09. The van der Waals surface area contributed by atoms with Crippen LogP contribution in [-0.2, 0) is 11.3 Å². The number of aryl methyl sites for hydroxylation is 1. The van der Waals surface area contributed by atoms with E-state index >= 15 is 0 Å². The first-order valence-corrected chi connectivity index (χ1v) is 5.75. The van der Waals surface area contributed by atoms with Gasteiger partial charge in [0, 0.05) is 36.1 Å². The molecule has 0 saturated carbocycles. The molecule has 2 rings (SSSR count). The van der Waals surface area contributed by atoms with Gasteiger partial charge in [0.15, 0.2) is 0 Å². The van der Waals surface area contributed by atoms with E-state index in [1.54, 1.807) is 0 Å². The Morgan fingerprint density at radius 3 is 2.94 bits per heavy atom. The minimum atomic E-state index is -0.00261. The molecule has 1 amide bonds. The summed E-state index contributed by atoms with van der Waals surface area (Å²) in [6, 6.07) is 8.09. The number of nitrogens with two attached hydrogens (primary N) is 1. The normalized spacial score (nSPS) is 10.7. The van der Waals surface area contributed by atoms with E-state index in [-0.39, 0.29) is 5.91 Å². The second kappa shape index (κ2) is 5.01. The molecule has 0 spiro atoms. The van der Waals surface area contributed by atoms with Crippen LogP contribution in [0, 0.1) is 6.92 Å². The third kappa shape index (κ3) is 2.47. The fraction of sp³-hybridized carbons (Fsp3) is 0.308. The third-order valence-corrected chi connectivity index (χ3v) is 2.86. The number of rotatable bonds is 4. The van der Waals surface area contributed by atoms with Crippen LogP contribution in [-0.4, -0.2) is 17.4 Å². The van der Waals surface area contributed by atoms with Crippen molar-refractivity contribution in [2.24, 2.45) is 5.73 Å². The Bertz CT molecular complexity index is 530. The van der Waals surface area contributed by atoms with Crippen LogP contribution in [0.15, 0.2) is 24.3 Å². The lowest BCUT2D eigenvalue weighted by atomic mass is 10.1. The molecule has 0 bridgehead atoms. The Balaban J connectivity index is 2.18. The predicted molar refractivity (Wildman–Crippen MR) is 68.6 cm³/mol. The molecule has 90 valence electrons. The van der Waals surface area contributed by atoms with Crippen LogP contribution in [0.1, 0.15) is 17.7 Å². The minimum Gasteiger partial charge on any atom is -0.358 e. The molecular weight excluding hydrogens is 214 g/mol. The van der Waals surface area contributed by atoms with Crippen LogP contribution in [0.3, 0.4) is 0 Å². The third-order valence-electron chi connectivity index (χ3n) is 2.86. The lowest BCUT2D eigenvalue weighted by molar-refractivity contribution is -0.121. The maximum Gasteiger partial charge on any atom is 0.221 e. The van der Waals surface area contributed by atoms with Crippen molar-refractivity contribution in [3.8, 4) is 0 Å². The molecule has 0 unspecified atom stereocenters. The van der Waals surface area contributed by atoms with Crippen molar-refractivity contribution in [2.75, 3.05) is 6.54 Å². The molecule has 0 aliphatic rings. The smallest absolute Gasteiger partial charge is 0.221 e. The van der Waals surface area contributed by atoms with Gasteiger partial charge in [0.1, 0.15) is 0 Å². The van der Waals surface area contributed by atoms with Crippen LogP contribution in [0.5, 0.6) is 0 Å². The Morgan fingerprint density at radius 1 is 1.41 bits per heavy atom. The van der Waals surface area contributed by atoms with Gasteiger partial charge in [0.2, 0.25) is 5.91 Å². The molecule has 17 heavy (non-hydrogen) atoms. The number of hydrogen-bond donors (Lipinski definition) is 3. The van der Waals surface area contributed by atoms with Crippen molar-refractivity contribution in [3.05, 3.63) is 35.5 Å². The number of fused-ring (bicyclic) bond motifs is 1. The van der Waals surface area contributed by atoms with Crippen molar-refractivity contribution in [3.63, 3.8) is 0 Å². The molecule has 1 aromatic carbocycles. The maximum absolute atomic E-state index is 11.4. The lowest BCUT2D eigenvalue weighted by Gasteiger charge is -2.04. The standard InChI is InChI=1S/C13H17N3O/c1-9-11(8-15-13(17)6-7-14)10-4-2-3-5-12(10)16-9/h2-5,16H,6-8,14H2,1H3,(H,15,17). The molecular formula is C13H17N3O.